The maximum atomic E-state index is 14.2. The van der Waals surface area contributed by atoms with Crippen molar-refractivity contribution in [1.29, 1.82) is 5.26 Å². The molecule has 4 rings (SSSR count). The lowest BCUT2D eigenvalue weighted by atomic mass is 9.95. The molecule has 1 aliphatic rings. The highest BCUT2D eigenvalue weighted by Gasteiger charge is 2.27. The number of nitrogens with one attached hydrogen (secondary N) is 2. The maximum absolute atomic E-state index is 14.2. The molecule has 0 aromatic carbocycles. The molecule has 1 amide bonds. The molecule has 0 radical (unpaired) electrons. The molecule has 0 spiro atoms. The Morgan fingerprint density at radius 1 is 1.26 bits per heavy atom. The fourth-order valence-electron chi connectivity index (χ4n) is 4.00. The predicted octanol–water partition coefficient (Wildman–Crippen LogP) is 3.27. The summed E-state index contributed by atoms with van der Waals surface area (Å²) >= 11 is 0. The van der Waals surface area contributed by atoms with Gasteiger partial charge < -0.3 is 15.7 Å². The van der Waals surface area contributed by atoms with E-state index < -0.39 is 17.7 Å². The number of pyridine rings is 2. The van der Waals surface area contributed by atoms with Crippen LogP contribution in [0, 0.1) is 11.3 Å². The van der Waals surface area contributed by atoms with Crippen LogP contribution in [-0.4, -0.2) is 55.1 Å². The fourth-order valence-corrected chi connectivity index (χ4v) is 4.00. The summed E-state index contributed by atoms with van der Waals surface area (Å²) in [5, 5.41) is 30.0. The number of alkyl halides is 1. The Kier molecular flexibility index (Phi) is 6.75. The second kappa shape index (κ2) is 9.73. The third-order valence-corrected chi connectivity index (χ3v) is 6.06. The van der Waals surface area contributed by atoms with Gasteiger partial charge in [-0.3, -0.25) is 4.79 Å². The van der Waals surface area contributed by atoms with Gasteiger partial charge in [-0.25, -0.2) is 14.4 Å². The van der Waals surface area contributed by atoms with E-state index in [2.05, 4.69) is 31.8 Å². The number of hydrogen-bond donors (Lipinski definition) is 3. The molecule has 1 fully saturated rings. The SMILES string of the molecule is CC(C)(O)C(F)CNC(=O)c1cnc(-n2ncc3cc(C#N)cnc32)cc1NC1CCCCC1. The molecule has 1 aliphatic carbocycles. The summed E-state index contributed by atoms with van der Waals surface area (Å²) < 4.78 is 15.7. The van der Waals surface area contributed by atoms with Gasteiger partial charge in [-0.1, -0.05) is 19.3 Å². The van der Waals surface area contributed by atoms with E-state index in [0.29, 0.717) is 28.1 Å². The summed E-state index contributed by atoms with van der Waals surface area (Å²) in [6, 6.07) is 5.71. The highest BCUT2D eigenvalue weighted by atomic mass is 19.1. The van der Waals surface area contributed by atoms with E-state index in [-0.39, 0.29) is 18.2 Å². The third kappa shape index (κ3) is 5.15. The van der Waals surface area contributed by atoms with Crippen LogP contribution in [0.1, 0.15) is 61.9 Å². The van der Waals surface area contributed by atoms with Crippen molar-refractivity contribution in [3.63, 3.8) is 0 Å². The highest BCUT2D eigenvalue weighted by Crippen LogP contribution is 2.26. The number of carbonyl (C=O) groups is 1. The number of rotatable bonds is 7. The number of halogens is 1. The number of amides is 1. The van der Waals surface area contributed by atoms with Gasteiger partial charge in [0.2, 0.25) is 0 Å². The summed E-state index contributed by atoms with van der Waals surface area (Å²) in [4.78, 5) is 21.7. The van der Waals surface area contributed by atoms with E-state index in [1.54, 1.807) is 23.0 Å². The lowest BCUT2D eigenvalue weighted by molar-refractivity contribution is -0.00177. The molecule has 34 heavy (non-hydrogen) atoms. The van der Waals surface area contributed by atoms with Gasteiger partial charge in [0.1, 0.15) is 12.2 Å². The number of carbonyl (C=O) groups excluding carboxylic acids is 1. The quantitative estimate of drug-likeness (QED) is 0.488. The maximum Gasteiger partial charge on any atom is 0.255 e. The first-order valence-corrected chi connectivity index (χ1v) is 11.4. The van der Waals surface area contributed by atoms with E-state index >= 15 is 0 Å². The molecule has 1 unspecified atom stereocenters. The minimum atomic E-state index is -1.61. The summed E-state index contributed by atoms with van der Waals surface area (Å²) in [5.41, 5.74) is 0.276. The van der Waals surface area contributed by atoms with Gasteiger partial charge in [-0.2, -0.15) is 15.0 Å². The molecule has 9 nitrogen and oxygen atoms in total. The van der Waals surface area contributed by atoms with E-state index in [1.165, 1.54) is 32.7 Å². The summed E-state index contributed by atoms with van der Waals surface area (Å²) in [6.07, 6.45) is 8.31. The first-order valence-electron chi connectivity index (χ1n) is 11.4. The second-order valence-corrected chi connectivity index (χ2v) is 9.20. The van der Waals surface area contributed by atoms with Crippen molar-refractivity contribution in [3.8, 4) is 11.9 Å². The van der Waals surface area contributed by atoms with E-state index in [1.807, 2.05) is 0 Å². The molecule has 3 aromatic rings. The van der Waals surface area contributed by atoms with Gasteiger partial charge in [-0.05, 0) is 32.8 Å². The second-order valence-electron chi connectivity index (χ2n) is 9.20. The van der Waals surface area contributed by atoms with Crippen LogP contribution in [0.2, 0.25) is 0 Å². The van der Waals surface area contributed by atoms with Crippen molar-refractivity contribution in [2.75, 3.05) is 11.9 Å². The van der Waals surface area contributed by atoms with Crippen LogP contribution in [0.25, 0.3) is 16.9 Å². The van der Waals surface area contributed by atoms with Gasteiger partial charge in [0.05, 0.1) is 35.2 Å². The lowest BCUT2D eigenvalue weighted by Crippen LogP contribution is -2.42. The normalized spacial score (nSPS) is 15.6. The van der Waals surface area contributed by atoms with Crippen molar-refractivity contribution >= 4 is 22.6 Å². The zero-order valence-corrected chi connectivity index (χ0v) is 19.3. The fraction of sp³-hybridized carbons (Fsp3) is 0.458. The van der Waals surface area contributed by atoms with Crippen molar-refractivity contribution in [2.45, 2.75) is 63.8 Å². The van der Waals surface area contributed by atoms with Crippen LogP contribution in [0.5, 0.6) is 0 Å². The van der Waals surface area contributed by atoms with Gasteiger partial charge in [0.25, 0.3) is 5.91 Å². The van der Waals surface area contributed by atoms with Crippen molar-refractivity contribution in [2.24, 2.45) is 0 Å². The van der Waals surface area contributed by atoms with Crippen LogP contribution >= 0.6 is 0 Å². The van der Waals surface area contributed by atoms with Crippen molar-refractivity contribution < 1.29 is 14.3 Å². The van der Waals surface area contributed by atoms with E-state index in [0.717, 1.165) is 25.7 Å². The number of hydrogen-bond acceptors (Lipinski definition) is 7. The summed E-state index contributed by atoms with van der Waals surface area (Å²) in [7, 11) is 0. The molecule has 1 atom stereocenters. The van der Waals surface area contributed by atoms with Crippen LogP contribution in [0.3, 0.4) is 0 Å². The topological polar surface area (TPSA) is 129 Å². The molecule has 0 saturated heterocycles. The van der Waals surface area contributed by atoms with Gasteiger partial charge in [0.15, 0.2) is 11.5 Å². The Balaban J connectivity index is 1.65. The monoisotopic (exact) mass is 465 g/mol. The molecule has 0 bridgehead atoms. The number of fused-ring (bicyclic) bond motifs is 1. The lowest BCUT2D eigenvalue weighted by Gasteiger charge is -2.26. The molecule has 0 aliphatic heterocycles. The van der Waals surface area contributed by atoms with Crippen LogP contribution < -0.4 is 10.6 Å². The zero-order valence-electron chi connectivity index (χ0n) is 19.3. The van der Waals surface area contributed by atoms with Crippen molar-refractivity contribution in [3.05, 3.63) is 41.9 Å². The van der Waals surface area contributed by atoms with Crippen LogP contribution in [0.4, 0.5) is 10.1 Å². The number of aliphatic hydroxyl groups is 1. The molecule has 3 aromatic heterocycles. The number of anilines is 1. The Labute approximate surface area is 197 Å². The summed E-state index contributed by atoms with van der Waals surface area (Å²) in [6.45, 7) is 2.40. The van der Waals surface area contributed by atoms with Crippen LogP contribution in [-0.2, 0) is 0 Å². The summed E-state index contributed by atoms with van der Waals surface area (Å²) in [5.74, 6) is -0.0201. The Morgan fingerprint density at radius 2 is 2.03 bits per heavy atom. The van der Waals surface area contributed by atoms with E-state index in [4.69, 9.17) is 5.26 Å². The highest BCUT2D eigenvalue weighted by molar-refractivity contribution is 5.99. The molecule has 3 heterocycles. The van der Waals surface area contributed by atoms with Gasteiger partial charge in [0, 0.05) is 29.9 Å². The Bertz CT molecular complexity index is 1220. The first-order chi connectivity index (χ1) is 16.3. The number of aromatic nitrogens is 4. The largest absolute Gasteiger partial charge is 0.387 e. The molecule has 178 valence electrons. The van der Waals surface area contributed by atoms with E-state index in [9.17, 15) is 14.3 Å². The van der Waals surface area contributed by atoms with Gasteiger partial charge >= 0.3 is 0 Å². The smallest absolute Gasteiger partial charge is 0.255 e. The van der Waals surface area contributed by atoms with Gasteiger partial charge in [-0.15, -0.1) is 0 Å². The average Bonchev–Trinajstić information content (AvgIpc) is 3.25. The molecular weight excluding hydrogens is 437 g/mol. The zero-order chi connectivity index (χ0) is 24.3. The Hall–Kier alpha value is -3.58. The van der Waals surface area contributed by atoms with Crippen molar-refractivity contribution in [1.82, 2.24) is 25.1 Å². The number of nitriles is 1. The standard InChI is InChI=1S/C24H28FN7O2/c1-24(2,34)20(25)14-29-23(33)18-13-27-21(9-19(18)31-17-6-4-3-5-7-17)32-22-16(12-30-32)8-15(10-26)11-28-22/h8-9,11-13,17,20,34H,3-7,14H2,1-2H3,(H,27,31)(H,29,33). The number of nitrogens with zero attached hydrogens (tertiary/aromatic N) is 5. The first kappa shape index (κ1) is 23.6. The third-order valence-electron chi connectivity index (χ3n) is 6.06. The predicted molar refractivity (Wildman–Crippen MR) is 125 cm³/mol. The minimum absolute atomic E-state index is 0.214. The molecule has 1 saturated carbocycles. The molecule has 3 N–H and O–H groups in total. The minimum Gasteiger partial charge on any atom is -0.387 e. The van der Waals surface area contributed by atoms with Crippen LogP contribution in [0.15, 0.2) is 30.7 Å². The Morgan fingerprint density at radius 3 is 2.74 bits per heavy atom. The average molecular weight is 466 g/mol. The molecular formula is C24H28FN7O2. The molecule has 10 heteroatoms.